The van der Waals surface area contributed by atoms with Gasteiger partial charge < -0.3 is 5.11 Å². The van der Waals surface area contributed by atoms with E-state index >= 15 is 0 Å². The Morgan fingerprint density at radius 3 is 2.21 bits per heavy atom. The largest absolute Gasteiger partial charge is 0.389 e. The molecule has 0 saturated heterocycles. The normalized spacial score (nSPS) is 13.6. The molecule has 1 aromatic rings. The van der Waals surface area contributed by atoms with Crippen LogP contribution in [0.15, 0.2) is 23.1 Å². The van der Waals surface area contributed by atoms with E-state index in [-0.39, 0.29) is 4.90 Å². The Labute approximate surface area is 119 Å². The van der Waals surface area contributed by atoms with E-state index in [9.17, 15) is 13.5 Å². The Hall–Kier alpha value is -0.620. The van der Waals surface area contributed by atoms with Crippen molar-refractivity contribution < 1.29 is 13.5 Å². The molecular weight excluding hydrogens is 286 g/mol. The molecule has 19 heavy (non-hydrogen) atoms. The zero-order chi connectivity index (χ0) is 15.1. The quantitative estimate of drug-likeness (QED) is 0.898. The second-order valence-electron chi connectivity index (χ2n) is 5.65. The van der Waals surface area contributed by atoms with Crippen molar-refractivity contribution in [3.8, 4) is 0 Å². The third-order valence-electron chi connectivity index (χ3n) is 3.43. The Morgan fingerprint density at radius 2 is 1.74 bits per heavy atom. The van der Waals surface area contributed by atoms with Crippen LogP contribution in [0.5, 0.6) is 0 Å². The van der Waals surface area contributed by atoms with Crippen molar-refractivity contribution in [2.24, 2.45) is 0 Å². The minimum atomic E-state index is -3.75. The van der Waals surface area contributed by atoms with Gasteiger partial charge in [0, 0.05) is 5.02 Å². The number of sulfonamides is 1. The smallest absolute Gasteiger partial charge is 0.241 e. The van der Waals surface area contributed by atoms with Gasteiger partial charge in [-0.3, -0.25) is 0 Å². The lowest BCUT2D eigenvalue weighted by Crippen LogP contribution is -2.57. The monoisotopic (exact) mass is 305 g/mol. The van der Waals surface area contributed by atoms with Crippen molar-refractivity contribution in [3.05, 3.63) is 28.8 Å². The third kappa shape index (κ3) is 3.48. The molecule has 1 rings (SSSR count). The first kappa shape index (κ1) is 16.4. The molecule has 0 spiro atoms. The van der Waals surface area contributed by atoms with Crippen molar-refractivity contribution in [1.82, 2.24) is 4.72 Å². The maximum Gasteiger partial charge on any atom is 0.241 e. The first-order valence-electron chi connectivity index (χ1n) is 5.90. The molecule has 0 bridgehead atoms. The number of aliphatic hydroxyl groups is 1. The molecule has 4 nitrogen and oxygen atoms in total. The standard InChI is InChI=1S/C13H20ClNO3S/c1-9-10(14)7-6-8-11(9)19(17,18)15-12(2,3)13(4,5)16/h6-8,15-16H,1-5H3. The summed E-state index contributed by atoms with van der Waals surface area (Å²) in [4.78, 5) is 0.123. The Kier molecular flexibility index (Phi) is 4.37. The molecule has 2 N–H and O–H groups in total. The van der Waals surface area contributed by atoms with Gasteiger partial charge in [0.1, 0.15) is 0 Å². The summed E-state index contributed by atoms with van der Waals surface area (Å²) in [5.74, 6) is 0. The second kappa shape index (κ2) is 5.05. The van der Waals surface area contributed by atoms with Gasteiger partial charge >= 0.3 is 0 Å². The van der Waals surface area contributed by atoms with Gasteiger partial charge in [-0.1, -0.05) is 17.7 Å². The number of halogens is 1. The molecule has 0 fully saturated rings. The fourth-order valence-electron chi connectivity index (χ4n) is 1.39. The Morgan fingerprint density at radius 1 is 1.21 bits per heavy atom. The molecule has 0 aromatic heterocycles. The van der Waals surface area contributed by atoms with Gasteiger partial charge in [-0.05, 0) is 52.3 Å². The number of nitrogens with one attached hydrogen (secondary N) is 1. The van der Waals surface area contributed by atoms with Crippen molar-refractivity contribution >= 4 is 21.6 Å². The first-order chi connectivity index (χ1) is 8.38. The molecule has 0 heterocycles. The molecule has 0 aliphatic rings. The first-order valence-corrected chi connectivity index (χ1v) is 7.76. The van der Waals surface area contributed by atoms with Gasteiger partial charge in [0.25, 0.3) is 0 Å². The summed E-state index contributed by atoms with van der Waals surface area (Å²) in [5, 5.41) is 10.4. The summed E-state index contributed by atoms with van der Waals surface area (Å²) < 4.78 is 27.3. The molecule has 1 aromatic carbocycles. The van der Waals surface area contributed by atoms with E-state index in [0.717, 1.165) is 0 Å². The van der Waals surface area contributed by atoms with Crippen LogP contribution in [0.3, 0.4) is 0 Å². The molecule has 0 aliphatic carbocycles. The van der Waals surface area contributed by atoms with Gasteiger partial charge in [-0.15, -0.1) is 0 Å². The lowest BCUT2D eigenvalue weighted by molar-refractivity contribution is 0.00638. The predicted molar refractivity (Wildman–Crippen MR) is 76.9 cm³/mol. The average Bonchev–Trinajstić information content (AvgIpc) is 2.18. The van der Waals surface area contributed by atoms with E-state index in [1.807, 2.05) is 0 Å². The summed E-state index contributed by atoms with van der Waals surface area (Å²) in [6, 6.07) is 4.71. The van der Waals surface area contributed by atoms with E-state index in [1.54, 1.807) is 46.8 Å². The van der Waals surface area contributed by atoms with E-state index in [2.05, 4.69) is 4.72 Å². The van der Waals surface area contributed by atoms with Gasteiger partial charge in [0.05, 0.1) is 16.0 Å². The van der Waals surface area contributed by atoms with E-state index in [0.29, 0.717) is 10.6 Å². The van der Waals surface area contributed by atoms with E-state index < -0.39 is 21.2 Å². The SMILES string of the molecule is Cc1c(Cl)cccc1S(=O)(=O)NC(C)(C)C(C)(C)O. The highest BCUT2D eigenvalue weighted by Crippen LogP contribution is 2.27. The van der Waals surface area contributed by atoms with Crippen LogP contribution in [0.2, 0.25) is 5.02 Å². The summed E-state index contributed by atoms with van der Waals surface area (Å²) in [6.45, 7) is 8.02. The lowest BCUT2D eigenvalue weighted by Gasteiger charge is -2.37. The minimum Gasteiger partial charge on any atom is -0.389 e. The van der Waals surface area contributed by atoms with E-state index in [1.165, 1.54) is 6.07 Å². The highest BCUT2D eigenvalue weighted by atomic mass is 35.5. The van der Waals surface area contributed by atoms with Crippen molar-refractivity contribution in [1.29, 1.82) is 0 Å². The molecule has 0 amide bonds. The van der Waals surface area contributed by atoms with E-state index in [4.69, 9.17) is 11.6 Å². The van der Waals surface area contributed by atoms with Crippen LogP contribution in [0.25, 0.3) is 0 Å². The van der Waals surface area contributed by atoms with Crippen LogP contribution in [-0.4, -0.2) is 24.7 Å². The second-order valence-corrected chi connectivity index (χ2v) is 7.71. The van der Waals surface area contributed by atoms with Crippen LogP contribution in [0, 0.1) is 6.92 Å². The van der Waals surface area contributed by atoms with Crippen molar-refractivity contribution in [3.63, 3.8) is 0 Å². The van der Waals surface area contributed by atoms with Crippen LogP contribution in [0.1, 0.15) is 33.3 Å². The van der Waals surface area contributed by atoms with Crippen LogP contribution in [0.4, 0.5) is 0 Å². The number of hydrogen-bond acceptors (Lipinski definition) is 3. The number of hydrogen-bond donors (Lipinski definition) is 2. The predicted octanol–water partition coefficient (Wildman–Crippen LogP) is 2.48. The molecule has 108 valence electrons. The van der Waals surface area contributed by atoms with Gasteiger partial charge in [-0.25, -0.2) is 13.1 Å². The highest BCUT2D eigenvalue weighted by molar-refractivity contribution is 7.89. The Bertz CT molecular complexity index is 574. The Balaban J connectivity index is 3.24. The minimum absolute atomic E-state index is 0.123. The zero-order valence-electron chi connectivity index (χ0n) is 11.8. The lowest BCUT2D eigenvalue weighted by atomic mass is 9.87. The fraction of sp³-hybridized carbons (Fsp3) is 0.538. The van der Waals surface area contributed by atoms with Crippen LogP contribution in [-0.2, 0) is 10.0 Å². The van der Waals surface area contributed by atoms with Crippen LogP contribution < -0.4 is 4.72 Å². The number of rotatable bonds is 4. The fourth-order valence-corrected chi connectivity index (χ4v) is 3.43. The van der Waals surface area contributed by atoms with Crippen LogP contribution >= 0.6 is 11.6 Å². The summed E-state index contributed by atoms with van der Waals surface area (Å²) >= 11 is 5.94. The molecule has 0 radical (unpaired) electrons. The maximum absolute atomic E-state index is 12.4. The molecular formula is C13H20ClNO3S. The van der Waals surface area contributed by atoms with Gasteiger partial charge in [0.15, 0.2) is 0 Å². The average molecular weight is 306 g/mol. The van der Waals surface area contributed by atoms with Gasteiger partial charge in [0.2, 0.25) is 10.0 Å². The van der Waals surface area contributed by atoms with Gasteiger partial charge in [-0.2, -0.15) is 0 Å². The molecule has 0 saturated carbocycles. The van der Waals surface area contributed by atoms with Crippen molar-refractivity contribution in [2.75, 3.05) is 0 Å². The topological polar surface area (TPSA) is 66.4 Å². The molecule has 0 unspecified atom stereocenters. The summed E-state index contributed by atoms with van der Waals surface area (Å²) in [5.41, 5.74) is -1.73. The maximum atomic E-state index is 12.4. The van der Waals surface area contributed by atoms with Crippen molar-refractivity contribution in [2.45, 2.75) is 50.7 Å². The third-order valence-corrected chi connectivity index (χ3v) is 5.64. The molecule has 0 aliphatic heterocycles. The highest BCUT2D eigenvalue weighted by Gasteiger charge is 2.39. The summed E-state index contributed by atoms with van der Waals surface area (Å²) in [7, 11) is -3.75. The molecule has 0 atom stereocenters. The summed E-state index contributed by atoms with van der Waals surface area (Å²) in [6.07, 6.45) is 0. The number of benzene rings is 1. The zero-order valence-corrected chi connectivity index (χ0v) is 13.4. The molecule has 6 heteroatoms.